The van der Waals surface area contributed by atoms with Gasteiger partial charge in [-0.3, -0.25) is 5.10 Å². The molecule has 23 heavy (non-hydrogen) atoms. The molecule has 126 valence electrons. The van der Waals surface area contributed by atoms with Crippen LogP contribution in [-0.4, -0.2) is 21.4 Å². The van der Waals surface area contributed by atoms with Gasteiger partial charge in [0.05, 0.1) is 11.8 Å². The highest BCUT2D eigenvalue weighted by Gasteiger charge is 2.60. The highest BCUT2D eigenvalue weighted by Crippen LogP contribution is 2.65. The van der Waals surface area contributed by atoms with Crippen LogP contribution < -0.4 is 0 Å². The Labute approximate surface area is 139 Å². The van der Waals surface area contributed by atoms with Crippen molar-refractivity contribution in [2.24, 2.45) is 34.5 Å². The topological polar surface area (TPSA) is 48.9 Å². The van der Waals surface area contributed by atoms with Crippen molar-refractivity contribution in [1.29, 1.82) is 0 Å². The Morgan fingerprint density at radius 3 is 2.78 bits per heavy atom. The molecule has 4 aliphatic carbocycles. The molecular weight excluding hydrogens is 284 g/mol. The van der Waals surface area contributed by atoms with E-state index in [9.17, 15) is 5.11 Å². The fourth-order valence-electron chi connectivity index (χ4n) is 7.43. The van der Waals surface area contributed by atoms with Gasteiger partial charge in [-0.2, -0.15) is 5.10 Å². The van der Waals surface area contributed by atoms with E-state index >= 15 is 0 Å². The third kappa shape index (κ3) is 1.78. The first-order valence-electron chi connectivity index (χ1n) is 9.72. The van der Waals surface area contributed by atoms with Gasteiger partial charge < -0.3 is 5.11 Å². The zero-order chi connectivity index (χ0) is 15.8. The average Bonchev–Trinajstić information content (AvgIpc) is 3.08. The van der Waals surface area contributed by atoms with Gasteiger partial charge in [0, 0.05) is 6.20 Å². The molecule has 0 amide bonds. The van der Waals surface area contributed by atoms with Gasteiger partial charge >= 0.3 is 0 Å². The number of rotatable bonds is 0. The lowest BCUT2D eigenvalue weighted by atomic mass is 9.45. The van der Waals surface area contributed by atoms with E-state index in [1.165, 1.54) is 56.2 Å². The van der Waals surface area contributed by atoms with Gasteiger partial charge in [-0.25, -0.2) is 0 Å². The van der Waals surface area contributed by atoms with Crippen LogP contribution in [0.15, 0.2) is 6.20 Å². The van der Waals surface area contributed by atoms with Crippen molar-refractivity contribution in [3.63, 3.8) is 0 Å². The van der Waals surface area contributed by atoms with E-state index in [4.69, 9.17) is 0 Å². The summed E-state index contributed by atoms with van der Waals surface area (Å²) in [6, 6.07) is 0. The molecule has 1 heterocycles. The van der Waals surface area contributed by atoms with Crippen LogP contribution in [0.4, 0.5) is 0 Å². The number of H-pyrrole nitrogens is 1. The summed E-state index contributed by atoms with van der Waals surface area (Å²) in [7, 11) is 0. The molecule has 5 rings (SSSR count). The van der Waals surface area contributed by atoms with Crippen molar-refractivity contribution >= 4 is 0 Å². The Morgan fingerprint density at radius 1 is 1.09 bits per heavy atom. The second-order valence-corrected chi connectivity index (χ2v) is 9.53. The Bertz CT molecular complexity index is 625. The molecule has 3 nitrogen and oxygen atoms in total. The van der Waals surface area contributed by atoms with E-state index < -0.39 is 0 Å². The molecule has 0 radical (unpaired) electrons. The van der Waals surface area contributed by atoms with Gasteiger partial charge in [0.2, 0.25) is 0 Å². The van der Waals surface area contributed by atoms with Crippen molar-refractivity contribution < 1.29 is 5.11 Å². The number of hydrogen-bond donors (Lipinski definition) is 2. The molecule has 7 atom stereocenters. The highest BCUT2D eigenvalue weighted by molar-refractivity contribution is 5.25. The van der Waals surface area contributed by atoms with Gasteiger partial charge in [-0.1, -0.05) is 13.8 Å². The normalized spacial score (nSPS) is 51.5. The predicted octanol–water partition coefficient (Wildman–Crippen LogP) is 3.73. The minimum absolute atomic E-state index is 0.0502. The third-order valence-corrected chi connectivity index (χ3v) is 8.84. The second kappa shape index (κ2) is 4.62. The van der Waals surface area contributed by atoms with Crippen LogP contribution in [-0.2, 0) is 12.8 Å². The van der Waals surface area contributed by atoms with Crippen LogP contribution in [0.25, 0.3) is 0 Å². The number of hydrogen-bond acceptors (Lipinski definition) is 2. The summed E-state index contributed by atoms with van der Waals surface area (Å²) in [4.78, 5) is 0. The van der Waals surface area contributed by atoms with Gasteiger partial charge in [0.25, 0.3) is 0 Å². The molecule has 0 spiro atoms. The molecule has 4 aliphatic rings. The van der Waals surface area contributed by atoms with Crippen molar-refractivity contribution in [2.45, 2.75) is 71.3 Å². The summed E-state index contributed by atoms with van der Waals surface area (Å²) < 4.78 is 0. The van der Waals surface area contributed by atoms with Gasteiger partial charge in [-0.05, 0) is 91.4 Å². The number of nitrogens with zero attached hydrogens (tertiary/aromatic N) is 1. The fraction of sp³-hybridized carbons (Fsp3) is 0.850. The van der Waals surface area contributed by atoms with Gasteiger partial charge in [0.1, 0.15) is 0 Å². The lowest BCUT2D eigenvalue weighted by molar-refractivity contribution is -0.111. The molecule has 0 bridgehead atoms. The molecule has 5 unspecified atom stereocenters. The van der Waals surface area contributed by atoms with E-state index in [2.05, 4.69) is 30.2 Å². The van der Waals surface area contributed by atoms with Crippen LogP contribution in [0.2, 0.25) is 0 Å². The van der Waals surface area contributed by atoms with E-state index in [0.717, 1.165) is 30.1 Å². The van der Waals surface area contributed by atoms with E-state index in [0.29, 0.717) is 5.41 Å². The summed E-state index contributed by atoms with van der Waals surface area (Å²) in [6.07, 6.45) is 12.1. The van der Waals surface area contributed by atoms with Crippen molar-refractivity contribution in [3.8, 4) is 0 Å². The third-order valence-electron chi connectivity index (χ3n) is 8.84. The molecule has 3 fully saturated rings. The molecule has 1 aromatic rings. The standard InChI is InChI=1S/C20H30N2O/c1-19-8-7-16-14(15(19)5-6-18(19)23)4-3-13-9-17-12(11-21-22-17)10-20(13,16)2/h11,13-16,18,23H,3-10H2,1-2H3,(H,21,22)/t13?,14?,15?,16?,18?,19-,20-/m0/s1. The minimum Gasteiger partial charge on any atom is -0.393 e. The minimum atomic E-state index is -0.0502. The van der Waals surface area contributed by atoms with Crippen LogP contribution >= 0.6 is 0 Å². The average molecular weight is 314 g/mol. The summed E-state index contributed by atoms with van der Waals surface area (Å²) >= 11 is 0. The number of fused-ring (bicyclic) bond motifs is 6. The first-order chi connectivity index (χ1) is 11.0. The number of aromatic amines is 1. The van der Waals surface area contributed by atoms with Crippen molar-refractivity contribution in [2.75, 3.05) is 0 Å². The Kier molecular flexibility index (Phi) is 2.92. The summed E-state index contributed by atoms with van der Waals surface area (Å²) in [5.41, 5.74) is 3.47. The molecule has 3 saturated carbocycles. The number of nitrogens with one attached hydrogen (secondary N) is 1. The molecule has 2 N–H and O–H groups in total. The number of aliphatic hydroxyl groups is 1. The zero-order valence-electron chi connectivity index (χ0n) is 14.5. The molecule has 1 aromatic heterocycles. The smallest absolute Gasteiger partial charge is 0.0657 e. The van der Waals surface area contributed by atoms with Gasteiger partial charge in [0.15, 0.2) is 0 Å². The Morgan fingerprint density at radius 2 is 1.91 bits per heavy atom. The molecule has 0 saturated heterocycles. The van der Waals surface area contributed by atoms with Crippen molar-refractivity contribution in [1.82, 2.24) is 10.2 Å². The molecule has 0 aliphatic heterocycles. The van der Waals surface area contributed by atoms with Gasteiger partial charge in [-0.15, -0.1) is 0 Å². The number of aromatic nitrogens is 2. The first-order valence-corrected chi connectivity index (χ1v) is 9.72. The largest absolute Gasteiger partial charge is 0.393 e. The molecular formula is C20H30N2O. The first kappa shape index (κ1) is 14.5. The van der Waals surface area contributed by atoms with E-state index in [1.807, 2.05) is 0 Å². The maximum atomic E-state index is 10.6. The summed E-state index contributed by atoms with van der Waals surface area (Å²) in [5.74, 6) is 3.28. The van der Waals surface area contributed by atoms with Crippen LogP contribution in [0.3, 0.4) is 0 Å². The van der Waals surface area contributed by atoms with Crippen LogP contribution in [0.5, 0.6) is 0 Å². The lowest BCUT2D eigenvalue weighted by Crippen LogP contribution is -2.54. The Balaban J connectivity index is 1.50. The quantitative estimate of drug-likeness (QED) is 0.766. The summed E-state index contributed by atoms with van der Waals surface area (Å²) in [6.45, 7) is 4.97. The highest BCUT2D eigenvalue weighted by atomic mass is 16.3. The van der Waals surface area contributed by atoms with E-state index in [1.54, 1.807) is 0 Å². The lowest BCUT2D eigenvalue weighted by Gasteiger charge is -2.59. The van der Waals surface area contributed by atoms with Crippen LogP contribution in [0, 0.1) is 34.5 Å². The van der Waals surface area contributed by atoms with E-state index in [-0.39, 0.29) is 11.5 Å². The Hall–Kier alpha value is -0.830. The monoisotopic (exact) mass is 314 g/mol. The molecule has 0 aromatic carbocycles. The van der Waals surface area contributed by atoms with Crippen molar-refractivity contribution in [3.05, 3.63) is 17.5 Å². The predicted molar refractivity (Wildman–Crippen MR) is 89.9 cm³/mol. The fourth-order valence-corrected chi connectivity index (χ4v) is 7.43. The molecule has 3 heteroatoms. The second-order valence-electron chi connectivity index (χ2n) is 9.53. The van der Waals surface area contributed by atoms with Crippen LogP contribution in [0.1, 0.15) is 63.6 Å². The maximum absolute atomic E-state index is 10.6. The SMILES string of the molecule is C[C@]12Cc3c[nH]nc3CC1CCC1C2CC[C@]2(C)C(O)CCC12. The summed E-state index contributed by atoms with van der Waals surface area (Å²) in [5, 5.41) is 18.2. The maximum Gasteiger partial charge on any atom is 0.0657 e. The zero-order valence-corrected chi connectivity index (χ0v) is 14.5. The number of aliphatic hydroxyl groups excluding tert-OH is 1.